The highest BCUT2D eigenvalue weighted by Crippen LogP contribution is 2.52. The predicted octanol–water partition coefficient (Wildman–Crippen LogP) is 2.83. The van der Waals surface area contributed by atoms with E-state index in [-0.39, 0.29) is 5.41 Å². The highest BCUT2D eigenvalue weighted by molar-refractivity contribution is 5.80. The summed E-state index contributed by atoms with van der Waals surface area (Å²) < 4.78 is 32.1. The first-order valence-electron chi connectivity index (χ1n) is 8.54. The zero-order chi connectivity index (χ0) is 17.3. The molecule has 0 amide bonds. The maximum Gasteiger partial charge on any atom is 0.191 e. The van der Waals surface area contributed by atoms with E-state index in [1.54, 1.807) is 6.07 Å². The second-order valence-corrected chi connectivity index (χ2v) is 7.13. The van der Waals surface area contributed by atoms with Gasteiger partial charge in [-0.25, -0.2) is 13.8 Å². The lowest BCUT2D eigenvalue weighted by atomic mass is 9.57. The van der Waals surface area contributed by atoms with Crippen LogP contribution >= 0.6 is 0 Å². The van der Waals surface area contributed by atoms with E-state index in [4.69, 9.17) is 4.74 Å². The van der Waals surface area contributed by atoms with Gasteiger partial charge in [0.1, 0.15) is 0 Å². The zero-order valence-electron chi connectivity index (χ0n) is 14.4. The van der Waals surface area contributed by atoms with Crippen molar-refractivity contribution in [2.45, 2.75) is 45.9 Å². The topological polar surface area (TPSA) is 45.7 Å². The monoisotopic (exact) mass is 337 g/mol. The summed E-state index contributed by atoms with van der Waals surface area (Å²) in [6.45, 7) is 8.26. The average Bonchev–Trinajstić information content (AvgIpc) is 3.00. The number of aliphatic imine (C=N–C) groups is 1. The zero-order valence-corrected chi connectivity index (χ0v) is 14.4. The van der Waals surface area contributed by atoms with Crippen LogP contribution in [0, 0.1) is 23.0 Å². The molecule has 0 bridgehead atoms. The van der Waals surface area contributed by atoms with Gasteiger partial charge in [0.25, 0.3) is 0 Å². The molecule has 3 rings (SSSR count). The van der Waals surface area contributed by atoms with Gasteiger partial charge in [-0.1, -0.05) is 19.9 Å². The summed E-state index contributed by atoms with van der Waals surface area (Å²) in [7, 11) is 0. The van der Waals surface area contributed by atoms with Crippen LogP contribution in [0.4, 0.5) is 8.78 Å². The highest BCUT2D eigenvalue weighted by Gasteiger charge is 2.59. The number of benzene rings is 1. The Kier molecular flexibility index (Phi) is 4.76. The highest BCUT2D eigenvalue weighted by atomic mass is 19.2. The number of fused-ring (bicyclic) bond motifs is 1. The third-order valence-electron chi connectivity index (χ3n) is 5.14. The number of ether oxygens (including phenoxy) is 1. The molecule has 6 heteroatoms. The Bertz CT molecular complexity index is 633. The van der Waals surface area contributed by atoms with Crippen molar-refractivity contribution in [1.29, 1.82) is 0 Å². The summed E-state index contributed by atoms with van der Waals surface area (Å²) in [6.07, 6.45) is 1.37. The number of hydrogen-bond donors (Lipinski definition) is 2. The largest absolute Gasteiger partial charge is 0.377 e. The lowest BCUT2D eigenvalue weighted by molar-refractivity contribution is -0.106. The Labute approximate surface area is 141 Å². The van der Waals surface area contributed by atoms with Crippen LogP contribution in [0.1, 0.15) is 32.8 Å². The molecule has 0 aromatic heterocycles. The fourth-order valence-corrected chi connectivity index (χ4v) is 3.89. The molecular formula is C18H25F2N3O. The minimum Gasteiger partial charge on any atom is -0.377 e. The number of rotatable bonds is 4. The van der Waals surface area contributed by atoms with Crippen LogP contribution in [0.25, 0.3) is 0 Å². The molecule has 1 aliphatic heterocycles. The van der Waals surface area contributed by atoms with E-state index in [0.717, 1.165) is 25.6 Å². The van der Waals surface area contributed by atoms with Crippen molar-refractivity contribution in [1.82, 2.24) is 10.6 Å². The minimum absolute atomic E-state index is 0.0549. The molecule has 3 unspecified atom stereocenters. The van der Waals surface area contributed by atoms with Gasteiger partial charge in [0.2, 0.25) is 0 Å². The maximum atomic E-state index is 13.3. The van der Waals surface area contributed by atoms with Gasteiger partial charge in [-0.3, -0.25) is 0 Å². The average molecular weight is 337 g/mol. The standard InChI is InChI=1S/C18H25F2N3O/c1-4-21-17(22-10-11-5-6-13(19)14(20)9-11)23-15-12-7-8-24-16(12)18(15,2)3/h5-6,9,12,15-16H,4,7-8,10H2,1-3H3,(H2,21,22,23). The second-order valence-electron chi connectivity index (χ2n) is 7.13. The number of nitrogens with one attached hydrogen (secondary N) is 2. The van der Waals surface area contributed by atoms with Crippen LogP contribution < -0.4 is 10.6 Å². The first-order valence-corrected chi connectivity index (χ1v) is 8.54. The Hall–Kier alpha value is -1.69. The van der Waals surface area contributed by atoms with Crippen LogP contribution in [-0.4, -0.2) is 31.3 Å². The fourth-order valence-electron chi connectivity index (χ4n) is 3.89. The molecule has 1 saturated heterocycles. The molecule has 2 N–H and O–H groups in total. The molecule has 132 valence electrons. The predicted molar refractivity (Wildman–Crippen MR) is 89.7 cm³/mol. The number of hydrogen-bond acceptors (Lipinski definition) is 2. The quantitative estimate of drug-likeness (QED) is 0.656. The van der Waals surface area contributed by atoms with E-state index in [1.165, 1.54) is 6.07 Å². The molecule has 4 nitrogen and oxygen atoms in total. The van der Waals surface area contributed by atoms with Crippen molar-refractivity contribution < 1.29 is 13.5 Å². The number of nitrogens with zero attached hydrogens (tertiary/aromatic N) is 1. The molecule has 1 aromatic rings. The van der Waals surface area contributed by atoms with Gasteiger partial charge in [0.15, 0.2) is 17.6 Å². The van der Waals surface area contributed by atoms with Crippen molar-refractivity contribution in [3.63, 3.8) is 0 Å². The van der Waals surface area contributed by atoms with Crippen LogP contribution in [0.15, 0.2) is 23.2 Å². The van der Waals surface area contributed by atoms with Gasteiger partial charge >= 0.3 is 0 Å². The second kappa shape index (κ2) is 6.67. The molecule has 0 spiro atoms. The Morgan fingerprint density at radius 3 is 2.83 bits per heavy atom. The molecule has 2 aliphatic rings. The lowest BCUT2D eigenvalue weighted by Crippen LogP contribution is -2.67. The van der Waals surface area contributed by atoms with E-state index >= 15 is 0 Å². The van der Waals surface area contributed by atoms with E-state index < -0.39 is 11.6 Å². The molecule has 1 aromatic carbocycles. The van der Waals surface area contributed by atoms with E-state index in [0.29, 0.717) is 36.1 Å². The molecule has 2 fully saturated rings. The van der Waals surface area contributed by atoms with Crippen LogP contribution in [0.3, 0.4) is 0 Å². The third-order valence-corrected chi connectivity index (χ3v) is 5.14. The summed E-state index contributed by atoms with van der Waals surface area (Å²) in [4.78, 5) is 4.52. The SMILES string of the molecule is CCNC(=NCc1ccc(F)c(F)c1)NC1C2CCOC2C1(C)C. The smallest absolute Gasteiger partial charge is 0.191 e. The van der Waals surface area contributed by atoms with Crippen molar-refractivity contribution in [2.24, 2.45) is 16.3 Å². The summed E-state index contributed by atoms with van der Waals surface area (Å²) in [5.74, 6) is -0.472. The lowest BCUT2D eigenvalue weighted by Gasteiger charge is -2.54. The summed E-state index contributed by atoms with van der Waals surface area (Å²) in [5.41, 5.74) is 0.695. The molecular weight excluding hydrogens is 312 g/mol. The van der Waals surface area contributed by atoms with Gasteiger partial charge in [0, 0.05) is 30.5 Å². The molecule has 1 heterocycles. The van der Waals surface area contributed by atoms with Crippen molar-refractivity contribution in [3.05, 3.63) is 35.4 Å². The van der Waals surface area contributed by atoms with Crippen molar-refractivity contribution >= 4 is 5.96 Å². The Morgan fingerprint density at radius 2 is 2.12 bits per heavy atom. The van der Waals surface area contributed by atoms with Gasteiger partial charge < -0.3 is 15.4 Å². The first kappa shape index (κ1) is 17.1. The van der Waals surface area contributed by atoms with Gasteiger partial charge in [-0.2, -0.15) is 0 Å². The minimum atomic E-state index is -0.841. The Balaban J connectivity index is 1.69. The van der Waals surface area contributed by atoms with Gasteiger partial charge in [0.05, 0.1) is 12.6 Å². The van der Waals surface area contributed by atoms with E-state index in [1.807, 2.05) is 6.92 Å². The van der Waals surface area contributed by atoms with Crippen molar-refractivity contribution in [3.8, 4) is 0 Å². The van der Waals surface area contributed by atoms with Crippen molar-refractivity contribution in [2.75, 3.05) is 13.2 Å². The summed E-state index contributed by atoms with van der Waals surface area (Å²) in [5, 5.41) is 6.73. The molecule has 3 atom stereocenters. The summed E-state index contributed by atoms with van der Waals surface area (Å²) >= 11 is 0. The number of halogens is 2. The molecule has 1 aliphatic carbocycles. The van der Waals surface area contributed by atoms with Gasteiger partial charge in [-0.15, -0.1) is 0 Å². The van der Waals surface area contributed by atoms with Crippen LogP contribution in [0.2, 0.25) is 0 Å². The van der Waals surface area contributed by atoms with Crippen LogP contribution in [-0.2, 0) is 11.3 Å². The maximum absolute atomic E-state index is 13.3. The van der Waals surface area contributed by atoms with Crippen LogP contribution in [0.5, 0.6) is 0 Å². The molecule has 24 heavy (non-hydrogen) atoms. The van der Waals surface area contributed by atoms with E-state index in [9.17, 15) is 8.78 Å². The first-order chi connectivity index (χ1) is 11.4. The van der Waals surface area contributed by atoms with E-state index in [2.05, 4.69) is 29.5 Å². The Morgan fingerprint density at radius 1 is 1.33 bits per heavy atom. The molecule has 1 saturated carbocycles. The third kappa shape index (κ3) is 3.11. The molecule has 0 radical (unpaired) electrons. The normalized spacial score (nSPS) is 28.2. The number of guanidine groups is 1. The van der Waals surface area contributed by atoms with Gasteiger partial charge in [-0.05, 0) is 31.0 Å². The summed E-state index contributed by atoms with van der Waals surface area (Å²) in [6, 6.07) is 4.18. The fraction of sp³-hybridized carbons (Fsp3) is 0.611.